The molecule has 0 fully saturated rings. The van der Waals surface area contributed by atoms with E-state index in [2.05, 4.69) is 15.1 Å². The van der Waals surface area contributed by atoms with E-state index < -0.39 is 12.1 Å². The number of esters is 1. The van der Waals surface area contributed by atoms with Crippen molar-refractivity contribution in [3.05, 3.63) is 87.7 Å². The fourth-order valence-electron chi connectivity index (χ4n) is 3.49. The summed E-state index contributed by atoms with van der Waals surface area (Å²) in [5, 5.41) is 5.06. The van der Waals surface area contributed by atoms with Gasteiger partial charge in [0.1, 0.15) is 0 Å². The molecule has 0 amide bonds. The molecule has 4 aromatic rings. The van der Waals surface area contributed by atoms with Gasteiger partial charge in [-0.05, 0) is 45.0 Å². The molecule has 2 aromatic heterocycles. The fraction of sp³-hybridized carbons (Fsp3) is 0.217. The Bertz CT molecular complexity index is 1270. The summed E-state index contributed by atoms with van der Waals surface area (Å²) in [4.78, 5) is 32.0. The second kappa shape index (κ2) is 7.94. The molecule has 0 radical (unpaired) electrons. The van der Waals surface area contributed by atoms with Gasteiger partial charge in [-0.25, -0.2) is 9.67 Å². The molecule has 30 heavy (non-hydrogen) atoms. The molecular formula is C23H22N4O3. The van der Waals surface area contributed by atoms with Gasteiger partial charge in [-0.2, -0.15) is 5.10 Å². The average Bonchev–Trinajstić information content (AvgIpc) is 3.02. The standard InChI is InChI=1S/C23H22N4O3/c1-14-19(15(2)27(26-14)17-9-5-4-6-10-17)13-21(28)30-16(3)22-24-20-12-8-7-11-18(20)23(29)25-22/h4-12,16H,13H2,1-3H3,(H,24,25,29)/t16-/m1/s1. The van der Waals surface area contributed by atoms with Gasteiger partial charge in [0.25, 0.3) is 5.56 Å². The predicted molar refractivity (Wildman–Crippen MR) is 114 cm³/mol. The van der Waals surface area contributed by atoms with Crippen LogP contribution in [0, 0.1) is 13.8 Å². The van der Waals surface area contributed by atoms with Gasteiger partial charge in [0, 0.05) is 11.3 Å². The van der Waals surface area contributed by atoms with Crippen molar-refractivity contribution in [1.29, 1.82) is 0 Å². The lowest BCUT2D eigenvalue weighted by Gasteiger charge is -2.13. The molecule has 0 bridgehead atoms. The van der Waals surface area contributed by atoms with E-state index >= 15 is 0 Å². The third-order valence-electron chi connectivity index (χ3n) is 5.09. The zero-order valence-electron chi connectivity index (χ0n) is 17.0. The van der Waals surface area contributed by atoms with Crippen LogP contribution in [-0.4, -0.2) is 25.7 Å². The van der Waals surface area contributed by atoms with Crippen LogP contribution in [0.2, 0.25) is 0 Å². The Hall–Kier alpha value is -3.74. The summed E-state index contributed by atoms with van der Waals surface area (Å²) >= 11 is 0. The number of aryl methyl sites for hydroxylation is 1. The zero-order chi connectivity index (χ0) is 21.3. The molecule has 1 N–H and O–H groups in total. The summed E-state index contributed by atoms with van der Waals surface area (Å²) in [5.74, 6) is -0.0856. The van der Waals surface area contributed by atoms with Gasteiger partial charge in [-0.1, -0.05) is 30.3 Å². The number of aromatic amines is 1. The molecule has 0 saturated carbocycles. The summed E-state index contributed by atoms with van der Waals surface area (Å²) < 4.78 is 7.38. The van der Waals surface area contributed by atoms with Crippen molar-refractivity contribution < 1.29 is 9.53 Å². The smallest absolute Gasteiger partial charge is 0.311 e. The van der Waals surface area contributed by atoms with E-state index in [1.165, 1.54) is 0 Å². The number of carbonyl (C=O) groups is 1. The Morgan fingerprint density at radius 2 is 1.80 bits per heavy atom. The van der Waals surface area contributed by atoms with E-state index in [1.807, 2.05) is 54.9 Å². The molecule has 0 aliphatic rings. The van der Waals surface area contributed by atoms with Gasteiger partial charge in [-0.15, -0.1) is 0 Å². The minimum Gasteiger partial charge on any atom is -0.454 e. The number of hydrogen-bond acceptors (Lipinski definition) is 5. The number of fused-ring (bicyclic) bond motifs is 1. The first kappa shape index (κ1) is 19.6. The van der Waals surface area contributed by atoms with Gasteiger partial charge in [0.05, 0.1) is 28.7 Å². The first-order valence-electron chi connectivity index (χ1n) is 9.73. The van der Waals surface area contributed by atoms with Crippen molar-refractivity contribution >= 4 is 16.9 Å². The molecule has 0 spiro atoms. The maximum absolute atomic E-state index is 12.6. The number of ether oxygens (including phenoxy) is 1. The van der Waals surface area contributed by atoms with Crippen LogP contribution in [0.15, 0.2) is 59.4 Å². The molecule has 7 heteroatoms. The fourth-order valence-corrected chi connectivity index (χ4v) is 3.49. The molecule has 4 rings (SSSR count). The third-order valence-corrected chi connectivity index (χ3v) is 5.09. The van der Waals surface area contributed by atoms with Gasteiger partial charge in [0.15, 0.2) is 11.9 Å². The SMILES string of the molecule is Cc1nn(-c2ccccc2)c(C)c1CC(=O)O[C@H](C)c1nc2ccccc2c(=O)[nH]1. The first-order valence-corrected chi connectivity index (χ1v) is 9.73. The summed E-state index contributed by atoms with van der Waals surface area (Å²) in [6.07, 6.45) is -0.591. The van der Waals surface area contributed by atoms with Crippen molar-refractivity contribution in [2.75, 3.05) is 0 Å². The van der Waals surface area contributed by atoms with E-state index in [4.69, 9.17) is 4.74 Å². The zero-order valence-corrected chi connectivity index (χ0v) is 17.0. The number of rotatable bonds is 5. The quantitative estimate of drug-likeness (QED) is 0.516. The van der Waals surface area contributed by atoms with Crippen LogP contribution in [0.3, 0.4) is 0 Å². The highest BCUT2D eigenvalue weighted by Gasteiger charge is 2.20. The van der Waals surface area contributed by atoms with E-state index in [0.717, 1.165) is 22.6 Å². The predicted octanol–water partition coefficient (Wildman–Crippen LogP) is 3.57. The number of aromatic nitrogens is 4. The number of benzene rings is 2. The maximum Gasteiger partial charge on any atom is 0.311 e. The van der Waals surface area contributed by atoms with E-state index in [9.17, 15) is 9.59 Å². The molecule has 2 aromatic carbocycles. The Morgan fingerprint density at radius 1 is 1.10 bits per heavy atom. The number of nitrogens with one attached hydrogen (secondary N) is 1. The molecule has 0 aliphatic heterocycles. The summed E-state index contributed by atoms with van der Waals surface area (Å²) in [5.41, 5.74) is 3.74. The maximum atomic E-state index is 12.6. The van der Waals surface area contributed by atoms with Crippen LogP contribution in [-0.2, 0) is 16.0 Å². The Kier molecular flexibility index (Phi) is 5.18. The highest BCUT2D eigenvalue weighted by atomic mass is 16.5. The van der Waals surface area contributed by atoms with Crippen LogP contribution >= 0.6 is 0 Å². The van der Waals surface area contributed by atoms with E-state index in [0.29, 0.717) is 16.7 Å². The molecule has 7 nitrogen and oxygen atoms in total. The third kappa shape index (κ3) is 3.74. The Morgan fingerprint density at radius 3 is 2.57 bits per heavy atom. The second-order valence-corrected chi connectivity index (χ2v) is 7.17. The van der Waals surface area contributed by atoms with E-state index in [-0.39, 0.29) is 12.0 Å². The molecule has 152 valence electrons. The highest BCUT2D eigenvalue weighted by molar-refractivity contribution is 5.77. The summed E-state index contributed by atoms with van der Waals surface area (Å²) in [6.45, 7) is 5.50. The minimum absolute atomic E-state index is 0.0899. The summed E-state index contributed by atoms with van der Waals surface area (Å²) in [6, 6.07) is 16.8. The number of hydrogen-bond donors (Lipinski definition) is 1. The van der Waals surface area contributed by atoms with Crippen molar-refractivity contribution in [3.63, 3.8) is 0 Å². The molecular weight excluding hydrogens is 380 g/mol. The highest BCUT2D eigenvalue weighted by Crippen LogP contribution is 2.20. The van der Waals surface area contributed by atoms with Gasteiger partial charge in [-0.3, -0.25) is 9.59 Å². The second-order valence-electron chi connectivity index (χ2n) is 7.17. The monoisotopic (exact) mass is 402 g/mol. The number of nitrogens with zero attached hydrogens (tertiary/aromatic N) is 3. The molecule has 2 heterocycles. The molecule has 0 unspecified atom stereocenters. The normalized spacial score (nSPS) is 12.1. The first-order chi connectivity index (χ1) is 14.4. The number of para-hydroxylation sites is 2. The van der Waals surface area contributed by atoms with Gasteiger partial charge < -0.3 is 9.72 Å². The largest absolute Gasteiger partial charge is 0.454 e. The van der Waals surface area contributed by atoms with E-state index in [1.54, 1.807) is 25.1 Å². The minimum atomic E-state index is -0.681. The lowest BCUT2D eigenvalue weighted by atomic mass is 10.1. The lowest BCUT2D eigenvalue weighted by Crippen LogP contribution is -2.18. The summed E-state index contributed by atoms with van der Waals surface area (Å²) in [7, 11) is 0. The average molecular weight is 402 g/mol. The number of H-pyrrole nitrogens is 1. The van der Waals surface area contributed by atoms with Crippen LogP contribution in [0.4, 0.5) is 0 Å². The topological polar surface area (TPSA) is 89.9 Å². The van der Waals surface area contributed by atoms with Crippen molar-refractivity contribution in [2.24, 2.45) is 0 Å². The lowest BCUT2D eigenvalue weighted by molar-refractivity contribution is -0.148. The van der Waals surface area contributed by atoms with Gasteiger partial charge in [0.2, 0.25) is 0 Å². The molecule has 0 saturated heterocycles. The molecule has 0 aliphatic carbocycles. The Labute approximate surface area is 173 Å². The molecule has 1 atom stereocenters. The van der Waals surface area contributed by atoms with Crippen LogP contribution in [0.25, 0.3) is 16.6 Å². The Balaban J connectivity index is 1.53. The van der Waals surface area contributed by atoms with Crippen LogP contribution < -0.4 is 5.56 Å². The van der Waals surface area contributed by atoms with Crippen molar-refractivity contribution in [1.82, 2.24) is 19.7 Å². The van der Waals surface area contributed by atoms with Gasteiger partial charge >= 0.3 is 5.97 Å². The van der Waals surface area contributed by atoms with Crippen LogP contribution in [0.5, 0.6) is 0 Å². The number of carbonyl (C=O) groups excluding carboxylic acids is 1. The van der Waals surface area contributed by atoms with Crippen LogP contribution in [0.1, 0.15) is 35.8 Å². The van der Waals surface area contributed by atoms with Crippen molar-refractivity contribution in [2.45, 2.75) is 33.3 Å². The van der Waals surface area contributed by atoms with Crippen molar-refractivity contribution in [3.8, 4) is 5.69 Å².